The van der Waals surface area contributed by atoms with Crippen molar-refractivity contribution in [1.82, 2.24) is 5.32 Å². The van der Waals surface area contributed by atoms with Crippen LogP contribution in [0.1, 0.15) is 284 Å². The molecule has 9 heteroatoms. The predicted octanol–water partition coefficient (Wildman–Crippen LogP) is 18.1. The van der Waals surface area contributed by atoms with Crippen molar-refractivity contribution in [3.8, 4) is 0 Å². The molecule has 9 nitrogen and oxygen atoms in total. The molecule has 0 aromatic heterocycles. The highest BCUT2D eigenvalue weighted by Gasteiger charge is 2.44. The number of amides is 1. The first-order valence-corrected chi connectivity index (χ1v) is 33.6. The molecule has 0 aliphatic carbocycles. The van der Waals surface area contributed by atoms with Crippen molar-refractivity contribution in [2.24, 2.45) is 0 Å². The molecule has 1 saturated heterocycles. The van der Waals surface area contributed by atoms with Crippen LogP contribution >= 0.6 is 0 Å². The van der Waals surface area contributed by atoms with Crippen LogP contribution in [0.5, 0.6) is 0 Å². The van der Waals surface area contributed by atoms with Crippen LogP contribution in [0.15, 0.2) is 109 Å². The maximum atomic E-state index is 13.1. The fourth-order valence-corrected chi connectivity index (χ4v) is 10.2. The minimum absolute atomic E-state index is 0.145. The molecule has 7 unspecified atom stereocenters. The lowest BCUT2D eigenvalue weighted by atomic mass is 9.99. The second-order valence-electron chi connectivity index (χ2n) is 22.9. The zero-order chi connectivity index (χ0) is 58.6. The van der Waals surface area contributed by atoms with Gasteiger partial charge in [0, 0.05) is 6.42 Å². The summed E-state index contributed by atoms with van der Waals surface area (Å²) >= 11 is 0. The molecule has 0 radical (unpaired) electrons. The van der Waals surface area contributed by atoms with Crippen molar-refractivity contribution >= 4 is 5.91 Å². The van der Waals surface area contributed by atoms with Crippen LogP contribution in [0.2, 0.25) is 0 Å². The number of aliphatic hydroxyl groups excluding tert-OH is 5. The summed E-state index contributed by atoms with van der Waals surface area (Å²) in [6.45, 7) is 3.74. The maximum absolute atomic E-state index is 13.1. The molecule has 7 atom stereocenters. The lowest BCUT2D eigenvalue weighted by molar-refractivity contribution is -0.302. The molecule has 0 aromatic rings. The van der Waals surface area contributed by atoms with Gasteiger partial charge in [0.05, 0.1) is 25.4 Å². The zero-order valence-electron chi connectivity index (χ0n) is 52.0. The highest BCUT2D eigenvalue weighted by Crippen LogP contribution is 2.23. The molecular formula is C72H125NO8. The quantitative estimate of drug-likeness (QED) is 0.0261. The normalized spacial score (nSPS) is 19.1. The summed E-state index contributed by atoms with van der Waals surface area (Å²) in [7, 11) is 0. The van der Waals surface area contributed by atoms with Crippen LogP contribution < -0.4 is 5.32 Å². The van der Waals surface area contributed by atoms with Gasteiger partial charge >= 0.3 is 0 Å². The van der Waals surface area contributed by atoms with Crippen LogP contribution in [-0.4, -0.2) is 87.5 Å². The van der Waals surface area contributed by atoms with Crippen LogP contribution in [0.25, 0.3) is 0 Å². The first kappa shape index (κ1) is 75.9. The van der Waals surface area contributed by atoms with Crippen LogP contribution in [0, 0.1) is 0 Å². The Kier molecular flexibility index (Phi) is 56.2. The molecule has 1 aliphatic heterocycles. The molecule has 1 aliphatic rings. The number of unbranched alkanes of at least 4 members (excludes halogenated alkanes) is 29. The summed E-state index contributed by atoms with van der Waals surface area (Å²) < 4.78 is 11.3. The smallest absolute Gasteiger partial charge is 0.220 e. The van der Waals surface area contributed by atoms with Gasteiger partial charge in [0.2, 0.25) is 5.91 Å². The molecule has 0 bridgehead atoms. The summed E-state index contributed by atoms with van der Waals surface area (Å²) in [5, 5.41) is 54.9. The molecule has 1 rings (SSSR count). The molecule has 81 heavy (non-hydrogen) atoms. The number of carbonyl (C=O) groups excluding carboxylic acids is 1. The average Bonchev–Trinajstić information content (AvgIpc) is 3.49. The predicted molar refractivity (Wildman–Crippen MR) is 345 cm³/mol. The van der Waals surface area contributed by atoms with Gasteiger partial charge < -0.3 is 40.3 Å². The van der Waals surface area contributed by atoms with E-state index in [4.69, 9.17) is 9.47 Å². The second-order valence-corrected chi connectivity index (χ2v) is 22.9. The topological polar surface area (TPSA) is 149 Å². The van der Waals surface area contributed by atoms with Gasteiger partial charge in [0.1, 0.15) is 24.4 Å². The largest absolute Gasteiger partial charge is 0.394 e. The van der Waals surface area contributed by atoms with Crippen molar-refractivity contribution in [2.75, 3.05) is 13.2 Å². The molecule has 6 N–H and O–H groups in total. The summed E-state index contributed by atoms with van der Waals surface area (Å²) in [6, 6.07) is -0.731. The van der Waals surface area contributed by atoms with E-state index in [0.717, 1.165) is 103 Å². The van der Waals surface area contributed by atoms with E-state index < -0.39 is 49.5 Å². The minimum Gasteiger partial charge on any atom is -0.394 e. The van der Waals surface area contributed by atoms with Crippen molar-refractivity contribution in [1.29, 1.82) is 0 Å². The fourth-order valence-electron chi connectivity index (χ4n) is 10.2. The third-order valence-corrected chi connectivity index (χ3v) is 15.4. The molecule has 0 aromatic carbocycles. The van der Waals surface area contributed by atoms with Crippen molar-refractivity contribution in [3.63, 3.8) is 0 Å². The molecular weight excluding hydrogens is 1010 g/mol. The summed E-state index contributed by atoms with van der Waals surface area (Å²) in [5.41, 5.74) is 0. The Balaban J connectivity index is 2.15. The Morgan fingerprint density at radius 2 is 0.765 bits per heavy atom. The van der Waals surface area contributed by atoms with Gasteiger partial charge in [-0.15, -0.1) is 0 Å². The van der Waals surface area contributed by atoms with Crippen molar-refractivity contribution < 1.29 is 39.8 Å². The molecule has 0 spiro atoms. The first-order chi connectivity index (χ1) is 39.8. The average molecular weight is 1130 g/mol. The third kappa shape index (κ3) is 48.9. The van der Waals surface area contributed by atoms with Crippen LogP contribution in [-0.2, 0) is 14.3 Å². The van der Waals surface area contributed by atoms with E-state index in [1.165, 1.54) is 154 Å². The van der Waals surface area contributed by atoms with E-state index in [2.05, 4.69) is 129 Å². The Morgan fingerprint density at radius 1 is 0.432 bits per heavy atom. The van der Waals surface area contributed by atoms with E-state index in [9.17, 15) is 30.3 Å². The number of nitrogens with one attached hydrogen (secondary N) is 1. The number of rotatable bonds is 57. The maximum Gasteiger partial charge on any atom is 0.220 e. The van der Waals surface area contributed by atoms with Gasteiger partial charge in [-0.3, -0.25) is 4.79 Å². The van der Waals surface area contributed by atoms with Gasteiger partial charge in [0.15, 0.2) is 6.29 Å². The Bertz CT molecular complexity index is 1640. The minimum atomic E-state index is -1.56. The van der Waals surface area contributed by atoms with Gasteiger partial charge in [-0.1, -0.05) is 303 Å². The van der Waals surface area contributed by atoms with Crippen LogP contribution in [0.3, 0.4) is 0 Å². The number of ether oxygens (including phenoxy) is 2. The molecule has 1 fully saturated rings. The highest BCUT2D eigenvalue weighted by atomic mass is 16.7. The second kappa shape index (κ2) is 60.0. The Morgan fingerprint density at radius 3 is 1.14 bits per heavy atom. The molecule has 1 amide bonds. The van der Waals surface area contributed by atoms with Gasteiger partial charge in [-0.05, 0) is 83.5 Å². The Hall–Kier alpha value is -3.15. The number of allylic oxidation sites excluding steroid dienone is 18. The van der Waals surface area contributed by atoms with Crippen molar-refractivity contribution in [2.45, 2.75) is 326 Å². The first-order valence-electron chi connectivity index (χ1n) is 33.6. The summed E-state index contributed by atoms with van der Waals surface area (Å²) in [6.07, 6.45) is 81.3. The summed E-state index contributed by atoms with van der Waals surface area (Å²) in [5.74, 6) is -0.152. The van der Waals surface area contributed by atoms with E-state index in [1.54, 1.807) is 0 Å². The van der Waals surface area contributed by atoms with Gasteiger partial charge in [-0.2, -0.15) is 0 Å². The van der Waals surface area contributed by atoms with Crippen molar-refractivity contribution in [3.05, 3.63) is 109 Å². The number of hydrogen-bond donors (Lipinski definition) is 6. The van der Waals surface area contributed by atoms with Gasteiger partial charge in [0.25, 0.3) is 0 Å². The lowest BCUT2D eigenvalue weighted by Crippen LogP contribution is -2.60. The third-order valence-electron chi connectivity index (χ3n) is 15.4. The monoisotopic (exact) mass is 1130 g/mol. The SMILES string of the molecule is CC/C=C\C/C=C\C/C=C\C/C=C\C/C=C\C/C=C\C/C=C\C/C=C\C/C=C\CCCCCCCCCCCC(=O)NC(COC1OC(CO)C(O)C(O)C1O)C(O)CCCCCCCCCCCCCCCCCCCCCCC. The fraction of sp³-hybridized carbons (Fsp3) is 0.736. The molecule has 1 heterocycles. The standard InChI is InChI=1S/C72H125NO8/c1-3-5-7-9-11-13-15-17-19-21-23-25-26-27-28-29-30-31-32-33-34-35-36-37-38-39-40-42-44-46-48-50-52-54-56-58-60-62-68(76)73-65(64-80-72-71(79)70(78)69(77)67(63-74)81-72)66(75)61-59-57-55-53-51-49-47-45-43-41-24-22-20-18-16-14-12-10-8-6-4-2/h5,7,11,13,17,19,23,25,27-28,30-31,33-34,36-37,39-40,65-67,69-72,74-75,77-79H,3-4,6,8-10,12,14-16,18,20-22,24,26,29,32,35,38,41-64H2,1-2H3,(H,73,76)/b7-5-,13-11-,19-17-,25-23-,28-27-,31-30-,34-33-,37-36-,40-39-. The van der Waals surface area contributed by atoms with E-state index >= 15 is 0 Å². The van der Waals surface area contributed by atoms with E-state index in [-0.39, 0.29) is 12.5 Å². The molecule has 466 valence electrons. The van der Waals surface area contributed by atoms with Gasteiger partial charge in [-0.25, -0.2) is 0 Å². The van der Waals surface area contributed by atoms with Crippen LogP contribution in [0.4, 0.5) is 0 Å². The summed E-state index contributed by atoms with van der Waals surface area (Å²) in [4.78, 5) is 13.1. The number of carbonyl (C=O) groups is 1. The number of aliphatic hydroxyl groups is 5. The highest BCUT2D eigenvalue weighted by molar-refractivity contribution is 5.76. The zero-order valence-corrected chi connectivity index (χ0v) is 52.0. The Labute approximate surface area is 497 Å². The van der Waals surface area contributed by atoms with E-state index in [1.807, 2.05) is 0 Å². The number of hydrogen-bond acceptors (Lipinski definition) is 8. The molecule has 0 saturated carbocycles. The van der Waals surface area contributed by atoms with E-state index in [0.29, 0.717) is 12.8 Å². The lowest BCUT2D eigenvalue weighted by Gasteiger charge is -2.40.